The predicted molar refractivity (Wildman–Crippen MR) is 224 cm³/mol. The van der Waals surface area contributed by atoms with E-state index in [0.29, 0.717) is 12.0 Å². The summed E-state index contributed by atoms with van der Waals surface area (Å²) in [6.07, 6.45) is 27.2. The van der Waals surface area contributed by atoms with Crippen molar-refractivity contribution in [2.45, 2.75) is 91.6 Å². The molecule has 3 nitrogen and oxygen atoms in total. The number of hydrogen-bond acceptors (Lipinski definition) is 1. The Morgan fingerprint density at radius 3 is 2.46 bits per heavy atom. The minimum Gasteiger partial charge on any atom is -0.367 e. The summed E-state index contributed by atoms with van der Waals surface area (Å²) in [5, 5.41) is 7.96. The molecule has 3 atom stereocenters. The van der Waals surface area contributed by atoms with Gasteiger partial charge in [0.1, 0.15) is 0 Å². The first-order valence-corrected chi connectivity index (χ1v) is 19.7. The molecule has 2 aliphatic rings. The van der Waals surface area contributed by atoms with E-state index in [2.05, 4.69) is 178 Å². The van der Waals surface area contributed by atoms with Crippen molar-refractivity contribution in [3.8, 4) is 0 Å². The van der Waals surface area contributed by atoms with E-state index in [4.69, 9.17) is 0 Å². The SMILES string of the molecule is C/C=C\C=C1\C2=C(CCC=C2)C(C)C(CC)(Cc2cc3cc4c(cc3c(/C=C\C)[n+]2C(C)C/C=C\CC)c2cccc3c5ccccc5n4c32)N1C. The Hall–Kier alpha value is -4.89. The number of nitrogens with zero attached hydrogens (tertiary/aromatic N) is 3. The summed E-state index contributed by atoms with van der Waals surface area (Å²) in [4.78, 5) is 2.65. The summed E-state index contributed by atoms with van der Waals surface area (Å²) < 4.78 is 5.23. The Kier molecular flexibility index (Phi) is 8.94. The van der Waals surface area contributed by atoms with Gasteiger partial charge < -0.3 is 9.30 Å². The first-order chi connectivity index (χ1) is 25.4. The maximum atomic E-state index is 2.71. The average Bonchev–Trinajstić information content (AvgIpc) is 3.68. The molecule has 1 aliphatic carbocycles. The van der Waals surface area contributed by atoms with Gasteiger partial charge in [-0.1, -0.05) is 105 Å². The van der Waals surface area contributed by atoms with Crippen LogP contribution < -0.4 is 4.57 Å². The van der Waals surface area contributed by atoms with Crippen molar-refractivity contribution in [2.24, 2.45) is 5.92 Å². The number of rotatable bonds is 9. The summed E-state index contributed by atoms with van der Waals surface area (Å²) in [6, 6.07) is 23.6. The summed E-state index contributed by atoms with van der Waals surface area (Å²) in [5.41, 5.74) is 11.0. The van der Waals surface area contributed by atoms with Crippen LogP contribution in [0.5, 0.6) is 0 Å². The third kappa shape index (κ3) is 5.11. The minimum absolute atomic E-state index is 0.0746. The van der Waals surface area contributed by atoms with E-state index in [-0.39, 0.29) is 5.54 Å². The van der Waals surface area contributed by atoms with E-state index >= 15 is 0 Å². The van der Waals surface area contributed by atoms with E-state index < -0.39 is 0 Å². The third-order valence-corrected chi connectivity index (χ3v) is 12.6. The van der Waals surface area contributed by atoms with Gasteiger partial charge in [0.05, 0.1) is 33.9 Å². The van der Waals surface area contributed by atoms with Crippen molar-refractivity contribution in [1.82, 2.24) is 9.30 Å². The molecule has 3 unspecified atom stereocenters. The second-order valence-corrected chi connectivity index (χ2v) is 15.2. The highest BCUT2D eigenvalue weighted by molar-refractivity contribution is 6.24. The fourth-order valence-electron chi connectivity index (χ4n) is 9.98. The lowest BCUT2D eigenvalue weighted by Gasteiger charge is -2.53. The van der Waals surface area contributed by atoms with Crippen molar-refractivity contribution in [3.05, 3.63) is 138 Å². The zero-order valence-corrected chi connectivity index (χ0v) is 32.2. The fourth-order valence-corrected chi connectivity index (χ4v) is 9.98. The Morgan fingerprint density at radius 1 is 0.904 bits per heavy atom. The monoisotopic (exact) mass is 684 g/mol. The second-order valence-electron chi connectivity index (χ2n) is 15.2. The molecule has 1 aliphatic heterocycles. The van der Waals surface area contributed by atoms with Gasteiger partial charge in [-0.25, -0.2) is 0 Å². The number of aromatic nitrogens is 2. The number of likely N-dealkylation sites (N-methyl/N-ethyl adjacent to an activating group) is 1. The maximum absolute atomic E-state index is 2.71. The van der Waals surface area contributed by atoms with Crippen LogP contribution in [0.25, 0.3) is 54.9 Å². The third-order valence-electron chi connectivity index (χ3n) is 12.6. The summed E-state index contributed by atoms with van der Waals surface area (Å²) in [5.74, 6) is 0.420. The van der Waals surface area contributed by atoms with Crippen LogP contribution in [0.2, 0.25) is 0 Å². The number of allylic oxidation sites excluding steroid dienone is 8. The van der Waals surface area contributed by atoms with Gasteiger partial charge in [0.15, 0.2) is 11.7 Å². The van der Waals surface area contributed by atoms with Gasteiger partial charge in [0.25, 0.3) is 0 Å². The predicted octanol–water partition coefficient (Wildman–Crippen LogP) is 12.6. The molecule has 8 rings (SSSR count). The van der Waals surface area contributed by atoms with Crippen molar-refractivity contribution < 1.29 is 4.57 Å². The topological polar surface area (TPSA) is 11.5 Å². The number of fused-ring (bicyclic) bond motifs is 7. The van der Waals surface area contributed by atoms with Crippen molar-refractivity contribution >= 4 is 54.9 Å². The maximum Gasteiger partial charge on any atom is 0.213 e. The lowest BCUT2D eigenvalue weighted by Crippen LogP contribution is -2.58. The van der Waals surface area contributed by atoms with E-state index in [1.165, 1.54) is 71.5 Å². The lowest BCUT2D eigenvalue weighted by atomic mass is 9.67. The highest BCUT2D eigenvalue weighted by atomic mass is 15.2. The van der Waals surface area contributed by atoms with E-state index in [1.807, 2.05) is 0 Å². The normalized spacial score (nSPS) is 21.3. The fraction of sp³-hybridized carbons (Fsp3) is 0.327. The molecule has 3 aromatic carbocycles. The Bertz CT molecular complexity index is 2510. The van der Waals surface area contributed by atoms with Gasteiger partial charge in [0.2, 0.25) is 5.69 Å². The molecule has 6 aromatic rings. The van der Waals surface area contributed by atoms with Crippen molar-refractivity contribution in [3.63, 3.8) is 0 Å². The van der Waals surface area contributed by atoms with Gasteiger partial charge in [-0.2, -0.15) is 4.57 Å². The zero-order chi connectivity index (χ0) is 36.1. The van der Waals surface area contributed by atoms with Crippen molar-refractivity contribution in [2.75, 3.05) is 7.05 Å². The molecular formula is C49H54N3+. The van der Waals surface area contributed by atoms with Crippen LogP contribution in [0, 0.1) is 5.92 Å². The molecule has 0 spiro atoms. The van der Waals surface area contributed by atoms with Crippen LogP contribution in [-0.4, -0.2) is 21.9 Å². The van der Waals surface area contributed by atoms with Crippen LogP contribution >= 0.6 is 0 Å². The molecule has 0 N–H and O–H groups in total. The van der Waals surface area contributed by atoms with Crippen LogP contribution in [-0.2, 0) is 6.42 Å². The highest BCUT2D eigenvalue weighted by Crippen LogP contribution is 2.49. The van der Waals surface area contributed by atoms with Gasteiger partial charge in [0, 0.05) is 58.8 Å². The molecule has 3 heteroatoms. The highest BCUT2D eigenvalue weighted by Gasteiger charge is 2.48. The van der Waals surface area contributed by atoms with E-state index in [1.54, 1.807) is 5.57 Å². The smallest absolute Gasteiger partial charge is 0.213 e. The number of hydrogen-bond donors (Lipinski definition) is 0. The largest absolute Gasteiger partial charge is 0.367 e. The summed E-state index contributed by atoms with van der Waals surface area (Å²) >= 11 is 0. The van der Waals surface area contributed by atoms with Gasteiger partial charge in [-0.3, -0.25) is 0 Å². The Morgan fingerprint density at radius 2 is 1.69 bits per heavy atom. The van der Waals surface area contributed by atoms with Gasteiger partial charge in [-0.15, -0.1) is 0 Å². The van der Waals surface area contributed by atoms with Gasteiger partial charge in [-0.05, 0) is 81.7 Å². The quantitative estimate of drug-likeness (QED) is 0.109. The van der Waals surface area contributed by atoms with Crippen LogP contribution in [0.4, 0.5) is 0 Å². The first kappa shape index (κ1) is 34.2. The molecule has 0 bridgehead atoms. The number of para-hydroxylation sites is 2. The van der Waals surface area contributed by atoms with Crippen LogP contribution in [0.3, 0.4) is 0 Å². The molecule has 0 radical (unpaired) electrons. The zero-order valence-electron chi connectivity index (χ0n) is 32.2. The molecule has 0 saturated heterocycles. The molecular weight excluding hydrogens is 631 g/mol. The Balaban J connectivity index is 1.42. The average molecular weight is 685 g/mol. The second kappa shape index (κ2) is 13.6. The summed E-state index contributed by atoms with van der Waals surface area (Å²) in [6.45, 7) is 13.9. The van der Waals surface area contributed by atoms with E-state index in [0.717, 1.165) is 38.5 Å². The molecule has 4 heterocycles. The van der Waals surface area contributed by atoms with Gasteiger partial charge >= 0.3 is 0 Å². The molecule has 0 amide bonds. The minimum atomic E-state index is -0.0746. The number of benzene rings is 3. The van der Waals surface area contributed by atoms with Crippen molar-refractivity contribution in [1.29, 1.82) is 0 Å². The lowest BCUT2D eigenvalue weighted by molar-refractivity contribution is -0.726. The molecule has 0 saturated carbocycles. The standard InChI is InChI=1S/C49H54N3/c1-8-12-14-21-33(5)51-36(32-49(11-4)34(6)37-22-15-16-23-38(37)44(50(49)7)27-13-9-2)29-35-30-47-43(31-42(35)45(51)20-10-3)41-26-19-25-40-39-24-17-18-28-46(39)52(47)48(40)41/h9-10,12-14,16-20,23-31,33-34H,8,11,15,21-22,32H2,1-7H3/q+1/b13-9-,14-12-,20-10-,44-27-. The Labute approximate surface area is 310 Å². The molecule has 264 valence electrons. The van der Waals surface area contributed by atoms with Crippen LogP contribution in [0.1, 0.15) is 91.1 Å². The van der Waals surface area contributed by atoms with Crippen LogP contribution in [0.15, 0.2) is 126 Å². The number of pyridine rings is 1. The molecule has 52 heavy (non-hydrogen) atoms. The first-order valence-electron chi connectivity index (χ1n) is 19.7. The molecule has 0 fully saturated rings. The summed E-state index contributed by atoms with van der Waals surface area (Å²) in [7, 11) is 2.36. The van der Waals surface area contributed by atoms with E-state index in [9.17, 15) is 0 Å². The molecule has 3 aromatic heterocycles.